The molecule has 1 aromatic carbocycles. The number of aromatic amines is 1. The van der Waals surface area contributed by atoms with E-state index in [2.05, 4.69) is 20.4 Å². The normalized spacial score (nSPS) is 13.5. The monoisotopic (exact) mass is 456 g/mol. The summed E-state index contributed by atoms with van der Waals surface area (Å²) in [6.07, 6.45) is 4.39. The number of H-pyrrole nitrogens is 1. The van der Waals surface area contributed by atoms with Gasteiger partial charge in [0, 0.05) is 17.6 Å². The van der Waals surface area contributed by atoms with E-state index < -0.39 is 0 Å². The van der Waals surface area contributed by atoms with Crippen LogP contribution in [-0.4, -0.2) is 30.6 Å². The minimum absolute atomic E-state index is 0.141. The Morgan fingerprint density at radius 1 is 1.15 bits per heavy atom. The lowest BCUT2D eigenvalue weighted by Gasteiger charge is -2.12. The van der Waals surface area contributed by atoms with Crippen molar-refractivity contribution in [1.82, 2.24) is 24.7 Å². The van der Waals surface area contributed by atoms with Crippen molar-refractivity contribution in [3.63, 3.8) is 0 Å². The molecule has 0 fully saturated rings. The Morgan fingerprint density at radius 3 is 2.82 bits per heavy atom. The molecular weight excluding hydrogens is 432 g/mol. The van der Waals surface area contributed by atoms with Gasteiger partial charge in [-0.1, -0.05) is 12.1 Å². The van der Waals surface area contributed by atoms with Crippen molar-refractivity contribution in [3.05, 3.63) is 57.7 Å². The SMILES string of the molecule is Cc1cc(C(=O)Nc2sc3c(c2-c2nc4ccccc4[nH]2)CCCC3)c2c(C)nn(C)c2n1. The molecule has 0 bridgehead atoms. The summed E-state index contributed by atoms with van der Waals surface area (Å²) in [5.74, 6) is 0.678. The molecule has 33 heavy (non-hydrogen) atoms. The molecule has 5 aromatic rings. The number of thiophene rings is 1. The van der Waals surface area contributed by atoms with Crippen LogP contribution < -0.4 is 5.32 Å². The first-order valence-electron chi connectivity index (χ1n) is 11.2. The number of aryl methyl sites for hydroxylation is 4. The number of para-hydroxylation sites is 2. The maximum atomic E-state index is 13.6. The van der Waals surface area contributed by atoms with Crippen LogP contribution in [-0.2, 0) is 19.9 Å². The van der Waals surface area contributed by atoms with Crippen LogP contribution >= 0.6 is 11.3 Å². The molecule has 4 heterocycles. The molecule has 6 rings (SSSR count). The minimum atomic E-state index is -0.141. The van der Waals surface area contributed by atoms with Crippen LogP contribution in [0.3, 0.4) is 0 Å². The maximum absolute atomic E-state index is 13.6. The number of hydrogen-bond acceptors (Lipinski definition) is 5. The largest absolute Gasteiger partial charge is 0.338 e. The van der Waals surface area contributed by atoms with Crippen LogP contribution in [0.25, 0.3) is 33.5 Å². The van der Waals surface area contributed by atoms with Crippen LogP contribution in [0.5, 0.6) is 0 Å². The van der Waals surface area contributed by atoms with Crippen molar-refractivity contribution < 1.29 is 4.79 Å². The highest BCUT2D eigenvalue weighted by Crippen LogP contribution is 2.44. The summed E-state index contributed by atoms with van der Waals surface area (Å²) in [5.41, 5.74) is 7.19. The van der Waals surface area contributed by atoms with Crippen LogP contribution in [0.2, 0.25) is 0 Å². The fourth-order valence-electron chi connectivity index (χ4n) is 4.90. The van der Waals surface area contributed by atoms with E-state index >= 15 is 0 Å². The second kappa shape index (κ2) is 7.52. The summed E-state index contributed by atoms with van der Waals surface area (Å²) < 4.78 is 1.73. The molecule has 4 aromatic heterocycles. The van der Waals surface area contributed by atoms with Crippen LogP contribution in [0.15, 0.2) is 30.3 Å². The van der Waals surface area contributed by atoms with Crippen LogP contribution in [0.1, 0.15) is 45.0 Å². The molecular formula is C25H24N6OS. The summed E-state index contributed by atoms with van der Waals surface area (Å²) in [4.78, 5) is 27.9. The van der Waals surface area contributed by atoms with E-state index in [9.17, 15) is 4.79 Å². The molecule has 1 aliphatic rings. The Bertz CT molecular complexity index is 1520. The molecule has 1 aliphatic carbocycles. The average Bonchev–Trinajstić information content (AvgIpc) is 3.46. The zero-order valence-electron chi connectivity index (χ0n) is 18.8. The Labute approximate surface area is 194 Å². The highest BCUT2D eigenvalue weighted by Gasteiger charge is 2.26. The standard InChI is InChI=1S/C25H24N6OS/c1-13-12-16(20-14(2)30-31(3)23(20)26-13)24(32)29-25-21(15-8-4-7-11-19(15)33-25)22-27-17-9-5-6-10-18(17)28-22/h5-6,9-10,12H,4,7-8,11H2,1-3H3,(H,27,28)(H,29,32). The van der Waals surface area contributed by atoms with Crippen molar-refractivity contribution in [2.24, 2.45) is 7.05 Å². The van der Waals surface area contributed by atoms with E-state index in [-0.39, 0.29) is 5.91 Å². The lowest BCUT2D eigenvalue weighted by Crippen LogP contribution is -2.13. The second-order valence-corrected chi connectivity index (χ2v) is 9.80. The predicted molar refractivity (Wildman–Crippen MR) is 132 cm³/mol. The molecule has 1 amide bonds. The van der Waals surface area contributed by atoms with Crippen LogP contribution in [0.4, 0.5) is 5.00 Å². The van der Waals surface area contributed by atoms with Gasteiger partial charge in [0.05, 0.1) is 33.2 Å². The number of anilines is 1. The Balaban J connectivity index is 1.48. The molecule has 8 heteroatoms. The predicted octanol–water partition coefficient (Wildman–Crippen LogP) is 5.32. The molecule has 0 saturated carbocycles. The van der Waals surface area contributed by atoms with Crippen molar-refractivity contribution >= 4 is 44.3 Å². The number of rotatable bonds is 3. The number of amides is 1. The molecule has 0 unspecified atom stereocenters. The third-order valence-corrected chi connectivity index (χ3v) is 7.57. The highest BCUT2D eigenvalue weighted by atomic mass is 32.1. The van der Waals surface area contributed by atoms with Gasteiger partial charge < -0.3 is 10.3 Å². The second-order valence-electron chi connectivity index (χ2n) is 8.69. The smallest absolute Gasteiger partial charge is 0.257 e. The summed E-state index contributed by atoms with van der Waals surface area (Å²) in [7, 11) is 1.86. The number of imidazole rings is 1. The Kier molecular flexibility index (Phi) is 4.58. The molecule has 0 saturated heterocycles. The first-order chi connectivity index (χ1) is 16.0. The summed E-state index contributed by atoms with van der Waals surface area (Å²) >= 11 is 1.68. The van der Waals surface area contributed by atoms with Gasteiger partial charge >= 0.3 is 0 Å². The number of nitrogens with zero attached hydrogens (tertiary/aromatic N) is 4. The van der Waals surface area contributed by atoms with E-state index in [0.717, 1.165) is 69.1 Å². The number of pyridine rings is 1. The summed E-state index contributed by atoms with van der Waals surface area (Å²) in [6, 6.07) is 9.88. The fraction of sp³-hybridized carbons (Fsp3) is 0.280. The van der Waals surface area contributed by atoms with E-state index in [1.807, 2.05) is 51.2 Å². The topological polar surface area (TPSA) is 88.5 Å². The number of carbonyl (C=O) groups is 1. The molecule has 0 aliphatic heterocycles. The molecule has 0 radical (unpaired) electrons. The van der Waals surface area contributed by atoms with Crippen molar-refractivity contribution in [2.45, 2.75) is 39.5 Å². The number of hydrogen-bond donors (Lipinski definition) is 2. The first kappa shape index (κ1) is 20.1. The van der Waals surface area contributed by atoms with Gasteiger partial charge in [-0.3, -0.25) is 9.48 Å². The van der Waals surface area contributed by atoms with Gasteiger partial charge in [-0.25, -0.2) is 9.97 Å². The third-order valence-electron chi connectivity index (χ3n) is 6.37. The Morgan fingerprint density at radius 2 is 1.97 bits per heavy atom. The number of carbonyl (C=O) groups excluding carboxylic acids is 1. The lowest BCUT2D eigenvalue weighted by atomic mass is 9.95. The minimum Gasteiger partial charge on any atom is -0.338 e. The van der Waals surface area contributed by atoms with Gasteiger partial charge in [0.1, 0.15) is 10.8 Å². The van der Waals surface area contributed by atoms with E-state index in [4.69, 9.17) is 4.98 Å². The third kappa shape index (κ3) is 3.24. The van der Waals surface area contributed by atoms with Gasteiger partial charge in [-0.2, -0.15) is 5.10 Å². The first-order valence-corrected chi connectivity index (χ1v) is 12.0. The van der Waals surface area contributed by atoms with Gasteiger partial charge in [-0.05, 0) is 63.3 Å². The van der Waals surface area contributed by atoms with Crippen molar-refractivity contribution in [2.75, 3.05) is 5.32 Å². The van der Waals surface area contributed by atoms with Crippen molar-refractivity contribution in [1.29, 1.82) is 0 Å². The molecule has 7 nitrogen and oxygen atoms in total. The number of benzene rings is 1. The van der Waals surface area contributed by atoms with Crippen molar-refractivity contribution in [3.8, 4) is 11.4 Å². The fourth-order valence-corrected chi connectivity index (χ4v) is 6.18. The number of nitrogens with one attached hydrogen (secondary N) is 2. The summed E-state index contributed by atoms with van der Waals surface area (Å²) in [5, 5.41) is 9.38. The van der Waals surface area contributed by atoms with Gasteiger partial charge in [-0.15, -0.1) is 11.3 Å². The zero-order chi connectivity index (χ0) is 22.7. The summed E-state index contributed by atoms with van der Waals surface area (Å²) in [6.45, 7) is 3.82. The van der Waals surface area contributed by atoms with Gasteiger partial charge in [0.15, 0.2) is 5.65 Å². The average molecular weight is 457 g/mol. The van der Waals surface area contributed by atoms with E-state index in [0.29, 0.717) is 5.56 Å². The number of fused-ring (bicyclic) bond motifs is 3. The van der Waals surface area contributed by atoms with E-state index in [1.165, 1.54) is 16.9 Å². The van der Waals surface area contributed by atoms with Crippen LogP contribution in [0, 0.1) is 13.8 Å². The van der Waals surface area contributed by atoms with E-state index in [1.54, 1.807) is 16.0 Å². The van der Waals surface area contributed by atoms with Gasteiger partial charge in [0.25, 0.3) is 5.91 Å². The molecule has 0 atom stereocenters. The molecule has 0 spiro atoms. The lowest BCUT2D eigenvalue weighted by molar-refractivity contribution is 0.102. The maximum Gasteiger partial charge on any atom is 0.257 e. The molecule has 166 valence electrons. The zero-order valence-corrected chi connectivity index (χ0v) is 19.6. The Hall–Kier alpha value is -3.52. The number of aromatic nitrogens is 5. The quantitative estimate of drug-likeness (QED) is 0.384. The van der Waals surface area contributed by atoms with Gasteiger partial charge in [0.2, 0.25) is 0 Å². The molecule has 2 N–H and O–H groups in total. The highest BCUT2D eigenvalue weighted by molar-refractivity contribution is 7.17.